The molecule has 0 spiro atoms. The van der Waals surface area contributed by atoms with E-state index in [0.29, 0.717) is 0 Å². The van der Waals surface area contributed by atoms with Crippen LogP contribution >= 0.6 is 0 Å². The molecule has 0 aliphatic rings. The van der Waals surface area contributed by atoms with E-state index in [1.807, 2.05) is 0 Å². The number of aliphatic hydroxyl groups is 3. The van der Waals surface area contributed by atoms with Gasteiger partial charge >= 0.3 is 5.97 Å². The Labute approximate surface area is 88.2 Å². The van der Waals surface area contributed by atoms with Crippen LogP contribution in [0.1, 0.15) is 0 Å². The fourth-order valence-corrected chi connectivity index (χ4v) is 1.31. The van der Waals surface area contributed by atoms with Gasteiger partial charge in [0.2, 0.25) is 9.76 Å². The molecule has 0 rings (SSSR count). The maximum atomic E-state index is 10.4. The van der Waals surface area contributed by atoms with Crippen LogP contribution in [0.2, 0.25) is 6.55 Å². The first kappa shape index (κ1) is 14.2. The number of aliphatic carboxylic acids is 1. The number of hydrogen-bond donors (Lipinski definition) is 4. The fourth-order valence-electron chi connectivity index (χ4n) is 0.841. The van der Waals surface area contributed by atoms with Gasteiger partial charge in [-0.05, 0) is 6.55 Å². The van der Waals surface area contributed by atoms with Gasteiger partial charge in [0.15, 0.2) is 6.10 Å². The van der Waals surface area contributed by atoms with Crippen LogP contribution in [-0.4, -0.2) is 66.9 Å². The summed E-state index contributed by atoms with van der Waals surface area (Å²) in [5, 5.41) is 35.7. The third kappa shape index (κ3) is 4.06. The molecule has 4 N–H and O–H groups in total. The summed E-state index contributed by atoms with van der Waals surface area (Å²) in [4.78, 5) is 20.7. The van der Waals surface area contributed by atoms with Crippen LogP contribution in [0.25, 0.3) is 0 Å². The molecule has 8 heteroatoms. The number of hydrogen-bond acceptors (Lipinski definition) is 6. The lowest BCUT2D eigenvalue weighted by molar-refractivity contribution is -0.162. The maximum absolute atomic E-state index is 10.4. The fraction of sp³-hybridized carbons (Fsp3) is 0.714. The Hall–Kier alpha value is -0.803. The second kappa shape index (κ2) is 6.64. The van der Waals surface area contributed by atoms with Crippen LogP contribution in [0.5, 0.6) is 0 Å². The molecule has 0 aromatic rings. The van der Waals surface area contributed by atoms with Gasteiger partial charge in [0.1, 0.15) is 24.6 Å². The van der Waals surface area contributed by atoms with Crippen LogP contribution in [0, 0.1) is 0 Å². The van der Waals surface area contributed by atoms with E-state index in [9.17, 15) is 14.7 Å². The molecule has 0 amide bonds. The number of aldehydes is 1. The summed E-state index contributed by atoms with van der Waals surface area (Å²) in [6.45, 7) is 1.59. The Morgan fingerprint density at radius 2 is 1.87 bits per heavy atom. The predicted octanol–water partition coefficient (Wildman–Crippen LogP) is -2.59. The van der Waals surface area contributed by atoms with Crippen molar-refractivity contribution >= 4 is 22.0 Å². The van der Waals surface area contributed by atoms with Crippen molar-refractivity contribution in [2.75, 3.05) is 0 Å². The zero-order valence-corrected chi connectivity index (χ0v) is 8.90. The van der Waals surface area contributed by atoms with E-state index in [2.05, 4.69) is 0 Å². The molecule has 0 saturated carbocycles. The van der Waals surface area contributed by atoms with Gasteiger partial charge in [-0.15, -0.1) is 0 Å². The van der Waals surface area contributed by atoms with E-state index < -0.39 is 30.4 Å². The average Bonchev–Trinajstić information content (AvgIpc) is 2.22. The molecular formula is C7H12O7Si. The normalized spacial score (nSPS) is 18.9. The number of carbonyl (C=O) groups excluding carboxylic acids is 1. The molecular weight excluding hydrogens is 224 g/mol. The van der Waals surface area contributed by atoms with Gasteiger partial charge in [0.25, 0.3) is 0 Å². The highest BCUT2D eigenvalue weighted by Crippen LogP contribution is 2.06. The Bertz CT molecular complexity index is 221. The van der Waals surface area contributed by atoms with Gasteiger partial charge in [-0.1, -0.05) is 0 Å². The van der Waals surface area contributed by atoms with Crippen LogP contribution in [-0.2, 0) is 14.0 Å². The maximum Gasteiger partial charge on any atom is 0.335 e. The van der Waals surface area contributed by atoms with Crippen molar-refractivity contribution in [3.8, 4) is 0 Å². The summed E-state index contributed by atoms with van der Waals surface area (Å²) < 4.78 is 4.75. The summed E-state index contributed by atoms with van der Waals surface area (Å²) in [7, 11) is -0.113. The molecule has 0 bridgehead atoms. The largest absolute Gasteiger partial charge is 0.479 e. The predicted molar refractivity (Wildman–Crippen MR) is 48.2 cm³/mol. The van der Waals surface area contributed by atoms with Crippen molar-refractivity contribution in [3.63, 3.8) is 0 Å². The summed E-state index contributed by atoms with van der Waals surface area (Å²) in [5.41, 5.74) is 0. The molecule has 0 heterocycles. The van der Waals surface area contributed by atoms with E-state index in [-0.39, 0.29) is 16.0 Å². The Kier molecular flexibility index (Phi) is 6.28. The van der Waals surface area contributed by atoms with Gasteiger partial charge in [-0.25, -0.2) is 4.79 Å². The van der Waals surface area contributed by atoms with Crippen molar-refractivity contribution in [1.29, 1.82) is 0 Å². The van der Waals surface area contributed by atoms with Crippen LogP contribution in [0.4, 0.5) is 0 Å². The second-order valence-electron chi connectivity index (χ2n) is 2.69. The monoisotopic (exact) mass is 236 g/mol. The van der Waals surface area contributed by atoms with Crippen LogP contribution in [0.15, 0.2) is 0 Å². The molecule has 0 aliphatic heterocycles. The number of rotatable bonds is 7. The number of carboxylic acids is 1. The van der Waals surface area contributed by atoms with E-state index in [4.69, 9.17) is 19.7 Å². The first-order chi connectivity index (χ1) is 6.95. The number of aliphatic hydroxyl groups excluding tert-OH is 3. The second-order valence-corrected chi connectivity index (χ2v) is 3.33. The molecule has 15 heavy (non-hydrogen) atoms. The molecule has 86 valence electrons. The SMILES string of the molecule is C[Si]O[C@H](C=O)[C@@H](O)[C@H](O)[C@H](O)C(=O)O. The summed E-state index contributed by atoms with van der Waals surface area (Å²) in [6, 6.07) is 0. The highest BCUT2D eigenvalue weighted by atomic mass is 28.2. The molecule has 0 fully saturated rings. The molecule has 0 unspecified atom stereocenters. The van der Waals surface area contributed by atoms with Gasteiger partial charge in [-0.3, -0.25) is 0 Å². The van der Waals surface area contributed by atoms with Crippen molar-refractivity contribution in [2.45, 2.75) is 31.0 Å². The lowest BCUT2D eigenvalue weighted by atomic mass is 10.0. The molecule has 0 aromatic heterocycles. The van der Waals surface area contributed by atoms with Crippen LogP contribution in [0.3, 0.4) is 0 Å². The van der Waals surface area contributed by atoms with E-state index in [1.54, 1.807) is 6.55 Å². The first-order valence-corrected chi connectivity index (χ1v) is 5.41. The Balaban J connectivity index is 4.45. The van der Waals surface area contributed by atoms with Gasteiger partial charge in [0.05, 0.1) is 0 Å². The van der Waals surface area contributed by atoms with Crippen molar-refractivity contribution in [2.24, 2.45) is 0 Å². The van der Waals surface area contributed by atoms with E-state index in [0.717, 1.165) is 0 Å². The average molecular weight is 236 g/mol. The smallest absolute Gasteiger partial charge is 0.335 e. The molecule has 0 aromatic carbocycles. The van der Waals surface area contributed by atoms with Crippen molar-refractivity contribution < 1.29 is 34.4 Å². The molecule has 7 nitrogen and oxygen atoms in total. The first-order valence-electron chi connectivity index (χ1n) is 4.00. The summed E-state index contributed by atoms with van der Waals surface area (Å²) >= 11 is 0. The summed E-state index contributed by atoms with van der Waals surface area (Å²) in [5.74, 6) is -1.69. The highest BCUT2D eigenvalue weighted by Gasteiger charge is 2.35. The van der Waals surface area contributed by atoms with Crippen molar-refractivity contribution in [3.05, 3.63) is 0 Å². The van der Waals surface area contributed by atoms with E-state index >= 15 is 0 Å². The highest BCUT2D eigenvalue weighted by molar-refractivity contribution is 6.25. The zero-order chi connectivity index (χ0) is 12.0. The molecule has 0 aliphatic carbocycles. The summed E-state index contributed by atoms with van der Waals surface area (Å²) in [6.07, 6.45) is -7.03. The minimum Gasteiger partial charge on any atom is -0.479 e. The van der Waals surface area contributed by atoms with Gasteiger partial charge < -0.3 is 29.6 Å². The minimum absolute atomic E-state index is 0.113. The van der Waals surface area contributed by atoms with Gasteiger partial charge in [-0.2, -0.15) is 0 Å². The zero-order valence-electron chi connectivity index (χ0n) is 7.90. The minimum atomic E-state index is -2.16. The third-order valence-electron chi connectivity index (χ3n) is 1.65. The number of carboxylic acid groups (broad SMARTS) is 1. The molecule has 2 radical (unpaired) electrons. The van der Waals surface area contributed by atoms with Crippen LogP contribution < -0.4 is 0 Å². The molecule has 0 saturated heterocycles. The number of carbonyl (C=O) groups is 2. The Morgan fingerprint density at radius 3 is 2.20 bits per heavy atom. The lowest BCUT2D eigenvalue weighted by Crippen LogP contribution is -2.49. The van der Waals surface area contributed by atoms with Gasteiger partial charge in [0, 0.05) is 0 Å². The lowest BCUT2D eigenvalue weighted by Gasteiger charge is -2.24. The van der Waals surface area contributed by atoms with E-state index in [1.165, 1.54) is 0 Å². The topological polar surface area (TPSA) is 124 Å². The third-order valence-corrected chi connectivity index (χ3v) is 2.16. The quantitative estimate of drug-likeness (QED) is 0.282. The Morgan fingerprint density at radius 1 is 1.33 bits per heavy atom. The molecule has 4 atom stereocenters. The standard InChI is InChI=1S/C7H12O7Si/c1-15-14-3(2-8)4(9)5(10)6(11)7(12)13/h2-6,9-11H,1H3,(H,12,13)/t3-,4-,5+,6+/m1/s1. The van der Waals surface area contributed by atoms with Crippen molar-refractivity contribution in [1.82, 2.24) is 0 Å².